The van der Waals surface area contributed by atoms with Gasteiger partial charge in [-0.25, -0.2) is 9.59 Å². The van der Waals surface area contributed by atoms with Crippen LogP contribution in [0.15, 0.2) is 28.9 Å². The zero-order chi connectivity index (χ0) is 44.6. The molecule has 0 saturated carbocycles. The summed E-state index contributed by atoms with van der Waals surface area (Å²) >= 11 is 3.54. The number of ether oxygens (including phenoxy) is 3. The third kappa shape index (κ3) is 14.5. The van der Waals surface area contributed by atoms with Crippen molar-refractivity contribution >= 4 is 68.5 Å². The molecule has 59 heavy (non-hydrogen) atoms. The molecule has 1 aliphatic rings. The number of rotatable bonds is 15. The fourth-order valence-corrected chi connectivity index (χ4v) is 7.18. The number of para-hydroxylation sites is 1. The number of aromatic amines is 1. The maximum absolute atomic E-state index is 14.3. The highest BCUT2D eigenvalue weighted by atomic mass is 79.9. The van der Waals surface area contributed by atoms with Crippen LogP contribution in [0.1, 0.15) is 107 Å². The van der Waals surface area contributed by atoms with Gasteiger partial charge >= 0.3 is 18.0 Å². The Morgan fingerprint density at radius 2 is 1.39 bits per heavy atom. The van der Waals surface area contributed by atoms with Gasteiger partial charge in [-0.3, -0.25) is 28.9 Å². The molecular formula is C42H63BrN6O10. The first-order chi connectivity index (χ1) is 27.2. The molecule has 1 aliphatic heterocycles. The van der Waals surface area contributed by atoms with Crippen LogP contribution in [0.3, 0.4) is 0 Å². The Balaban J connectivity index is 1.95. The molecular weight excluding hydrogens is 828 g/mol. The zero-order valence-corrected chi connectivity index (χ0v) is 38.0. The van der Waals surface area contributed by atoms with Gasteiger partial charge in [0, 0.05) is 23.9 Å². The van der Waals surface area contributed by atoms with E-state index in [9.17, 15) is 33.6 Å². The highest BCUT2D eigenvalue weighted by molar-refractivity contribution is 9.10. The average molecular weight is 892 g/mol. The molecule has 5 atom stereocenters. The number of nitrogens with one attached hydrogen (secondary N) is 5. The Bertz CT molecular complexity index is 1860. The van der Waals surface area contributed by atoms with Gasteiger partial charge in [-0.2, -0.15) is 0 Å². The molecule has 2 heterocycles. The zero-order valence-electron chi connectivity index (χ0n) is 36.4. The van der Waals surface area contributed by atoms with Crippen molar-refractivity contribution in [1.82, 2.24) is 31.2 Å². The Kier molecular flexibility index (Phi) is 16.6. The van der Waals surface area contributed by atoms with Gasteiger partial charge < -0.3 is 40.5 Å². The van der Waals surface area contributed by atoms with Crippen molar-refractivity contribution in [3.05, 3.63) is 34.4 Å². The number of aromatic nitrogens is 1. The third-order valence-corrected chi connectivity index (χ3v) is 10.0. The van der Waals surface area contributed by atoms with Crippen molar-refractivity contribution in [2.24, 2.45) is 11.3 Å². The Labute approximate surface area is 355 Å². The topological polar surface area (TPSA) is 214 Å². The van der Waals surface area contributed by atoms with E-state index < -0.39 is 94.9 Å². The number of hydrogen-bond donors (Lipinski definition) is 5. The van der Waals surface area contributed by atoms with Crippen LogP contribution in [0.5, 0.6) is 0 Å². The maximum Gasteiger partial charge on any atom is 0.410 e. The molecule has 5 amide bonds. The van der Waals surface area contributed by atoms with Crippen LogP contribution in [0, 0.1) is 11.3 Å². The lowest BCUT2D eigenvalue weighted by atomic mass is 9.85. The average Bonchev–Trinajstić information content (AvgIpc) is 3.72. The van der Waals surface area contributed by atoms with Crippen molar-refractivity contribution in [2.45, 2.75) is 150 Å². The van der Waals surface area contributed by atoms with Gasteiger partial charge in [0.25, 0.3) is 0 Å². The minimum absolute atomic E-state index is 0.0695. The minimum atomic E-state index is -1.45. The van der Waals surface area contributed by atoms with E-state index >= 15 is 0 Å². The molecule has 16 nitrogen and oxygen atoms in total. The van der Waals surface area contributed by atoms with Gasteiger partial charge in [-0.05, 0) is 99.7 Å². The fourth-order valence-electron chi connectivity index (χ4n) is 6.59. The fraction of sp³-hybridized carbons (Fsp3) is 0.643. The number of carbonyl (C=O) groups excluding carboxylic acids is 7. The number of benzene rings is 1. The van der Waals surface area contributed by atoms with Crippen molar-refractivity contribution < 1.29 is 47.8 Å². The molecule has 0 spiro atoms. The van der Waals surface area contributed by atoms with E-state index in [1.54, 1.807) is 62.3 Å². The predicted octanol–water partition coefficient (Wildman–Crippen LogP) is 4.81. The van der Waals surface area contributed by atoms with Crippen LogP contribution in [0.4, 0.5) is 4.79 Å². The lowest BCUT2D eigenvalue weighted by molar-refractivity contribution is -0.161. The largest absolute Gasteiger partial charge is 0.469 e. The van der Waals surface area contributed by atoms with E-state index in [2.05, 4.69) is 42.2 Å². The van der Waals surface area contributed by atoms with Gasteiger partial charge in [-0.1, -0.05) is 52.8 Å². The number of halogens is 1. The molecule has 0 aliphatic carbocycles. The number of likely N-dealkylation sites (tertiary alicyclic amines) is 1. The third-order valence-electron chi connectivity index (χ3n) is 9.35. The smallest absolute Gasteiger partial charge is 0.410 e. The number of carbonyl (C=O) groups is 7. The maximum atomic E-state index is 14.3. The number of fused-ring (bicyclic) bond motifs is 1. The molecule has 1 saturated heterocycles. The van der Waals surface area contributed by atoms with E-state index in [0.29, 0.717) is 29.6 Å². The first kappa shape index (κ1) is 48.7. The van der Waals surface area contributed by atoms with Crippen LogP contribution < -0.4 is 21.3 Å². The molecule has 328 valence electrons. The van der Waals surface area contributed by atoms with Gasteiger partial charge in [0.2, 0.25) is 23.6 Å². The molecule has 5 N–H and O–H groups in total. The molecule has 1 aromatic heterocycles. The number of amides is 5. The van der Waals surface area contributed by atoms with Crippen LogP contribution in [-0.2, 0) is 49.4 Å². The van der Waals surface area contributed by atoms with Crippen molar-refractivity contribution in [1.29, 1.82) is 0 Å². The molecule has 2 aromatic rings. The number of nitrogens with zero attached hydrogens (tertiary/aromatic N) is 1. The molecule has 1 aromatic carbocycles. The minimum Gasteiger partial charge on any atom is -0.469 e. The summed E-state index contributed by atoms with van der Waals surface area (Å²) in [5, 5.41) is 11.8. The van der Waals surface area contributed by atoms with Crippen LogP contribution in [0.25, 0.3) is 10.9 Å². The highest BCUT2D eigenvalue weighted by Gasteiger charge is 2.42. The van der Waals surface area contributed by atoms with E-state index in [-0.39, 0.29) is 18.8 Å². The molecule has 0 radical (unpaired) electrons. The van der Waals surface area contributed by atoms with Crippen LogP contribution in [0.2, 0.25) is 0 Å². The van der Waals surface area contributed by atoms with Crippen molar-refractivity contribution in [3.8, 4) is 0 Å². The molecule has 0 bridgehead atoms. The van der Waals surface area contributed by atoms with Gasteiger partial charge in [0.15, 0.2) is 0 Å². The highest BCUT2D eigenvalue weighted by Crippen LogP contribution is 2.28. The number of hydrogen-bond acceptors (Lipinski definition) is 10. The number of esters is 2. The summed E-state index contributed by atoms with van der Waals surface area (Å²) < 4.78 is 16.4. The van der Waals surface area contributed by atoms with E-state index in [1.165, 1.54) is 4.90 Å². The quantitative estimate of drug-likeness (QED) is 0.122. The second-order valence-electron chi connectivity index (χ2n) is 18.4. The first-order valence-electron chi connectivity index (χ1n) is 20.0. The van der Waals surface area contributed by atoms with Gasteiger partial charge in [-0.15, -0.1) is 0 Å². The second-order valence-corrected chi connectivity index (χ2v) is 19.2. The Morgan fingerprint density at radius 3 is 1.97 bits per heavy atom. The van der Waals surface area contributed by atoms with E-state index in [1.807, 2.05) is 38.1 Å². The molecule has 1 fully saturated rings. The SMILES string of the molecule is COC(=O)C[C@@H](NC(=O)[C@@H](Cc1c(Br)[nH]c2ccccc12)NC(=O)[C@H](CC(C)C)NC(=O)[C@H](NC(=O)[C@@H]1CCCN1C(=O)OC(C)(C)C)C(C)(C)C)C(=O)OC(C)(C)C. The summed E-state index contributed by atoms with van der Waals surface area (Å²) in [6.07, 6.45) is -0.110. The standard InChI is InChI=1S/C42H63BrN6O10/c1-23(2)20-27(46-37(54)32(40(3,4)5)48-36(53)30-18-15-19-49(30)39(56)59-42(9,10)11)34(51)45-28(21-25-24-16-13-14-17-26(24)44-33(25)43)35(52)47-29(22-31(50)57-12)38(55)58-41(6,7)8/h13-14,16-17,23,27-30,32,44H,15,18-22H2,1-12H3,(H,45,51)(H,46,54)(H,47,52)(H,48,53)/t27-,28+,29+,30-,32-/m0/s1. The predicted molar refractivity (Wildman–Crippen MR) is 225 cm³/mol. The van der Waals surface area contributed by atoms with E-state index in [0.717, 1.165) is 18.0 Å². The monoisotopic (exact) mass is 890 g/mol. The normalized spacial score (nSPS) is 16.7. The lowest BCUT2D eigenvalue weighted by Crippen LogP contribution is -2.61. The second kappa shape index (κ2) is 20.1. The summed E-state index contributed by atoms with van der Waals surface area (Å²) in [6, 6.07) is 1.44. The summed E-state index contributed by atoms with van der Waals surface area (Å²) in [5.74, 6) is -4.42. The van der Waals surface area contributed by atoms with Gasteiger partial charge in [0.05, 0.1) is 18.1 Å². The Morgan fingerprint density at radius 1 is 0.814 bits per heavy atom. The number of H-pyrrole nitrogens is 1. The van der Waals surface area contributed by atoms with E-state index in [4.69, 9.17) is 14.2 Å². The summed E-state index contributed by atoms with van der Waals surface area (Å²) in [4.78, 5) is 99.7. The molecule has 17 heteroatoms. The van der Waals surface area contributed by atoms with Crippen LogP contribution >= 0.6 is 15.9 Å². The van der Waals surface area contributed by atoms with Crippen LogP contribution in [-0.4, -0.2) is 107 Å². The summed E-state index contributed by atoms with van der Waals surface area (Å²) in [5.41, 5.74) is -1.14. The van der Waals surface area contributed by atoms with Crippen molar-refractivity contribution in [2.75, 3.05) is 13.7 Å². The Hall–Kier alpha value is -4.67. The van der Waals surface area contributed by atoms with Crippen molar-refractivity contribution in [3.63, 3.8) is 0 Å². The lowest BCUT2D eigenvalue weighted by Gasteiger charge is -2.34. The summed E-state index contributed by atoms with van der Waals surface area (Å²) in [6.45, 7) is 19.5. The number of methoxy groups -OCH3 is 1. The molecule has 3 rings (SSSR count). The summed E-state index contributed by atoms with van der Waals surface area (Å²) in [7, 11) is 1.15. The first-order valence-corrected chi connectivity index (χ1v) is 20.8. The van der Waals surface area contributed by atoms with Gasteiger partial charge in [0.1, 0.15) is 41.4 Å². The molecule has 0 unspecified atom stereocenters.